The first-order chi connectivity index (χ1) is 15.3. The minimum absolute atomic E-state index is 0.122. The van der Waals surface area contributed by atoms with Crippen molar-refractivity contribution in [3.8, 4) is 0 Å². The number of amides is 1. The van der Waals surface area contributed by atoms with E-state index in [-0.39, 0.29) is 16.8 Å². The molecule has 0 unspecified atom stereocenters. The Labute approximate surface area is 189 Å². The zero-order valence-corrected chi connectivity index (χ0v) is 19.4. The second-order valence-corrected chi connectivity index (χ2v) is 10.1. The van der Waals surface area contributed by atoms with Crippen LogP contribution in [-0.2, 0) is 23.0 Å². The van der Waals surface area contributed by atoms with Gasteiger partial charge in [0.25, 0.3) is 15.9 Å². The number of sulfonamides is 1. The molecule has 168 valence electrons. The summed E-state index contributed by atoms with van der Waals surface area (Å²) in [7, 11) is -3.78. The van der Waals surface area contributed by atoms with E-state index >= 15 is 0 Å². The number of carbonyl (C=O) groups is 1. The highest BCUT2D eigenvalue weighted by atomic mass is 32.2. The number of rotatable bonds is 7. The van der Waals surface area contributed by atoms with Crippen LogP contribution in [0.25, 0.3) is 0 Å². The predicted octanol–water partition coefficient (Wildman–Crippen LogP) is 3.46. The van der Waals surface area contributed by atoms with E-state index in [0.29, 0.717) is 30.8 Å². The van der Waals surface area contributed by atoms with Crippen LogP contribution in [0.15, 0.2) is 59.5 Å². The van der Waals surface area contributed by atoms with Crippen LogP contribution >= 0.6 is 0 Å². The fourth-order valence-corrected chi connectivity index (χ4v) is 5.99. The van der Waals surface area contributed by atoms with Gasteiger partial charge in [0.1, 0.15) is 0 Å². The monoisotopic (exact) mass is 452 g/mol. The highest BCUT2D eigenvalue weighted by molar-refractivity contribution is 7.92. The highest BCUT2D eigenvalue weighted by Gasteiger charge is 2.36. The molecule has 0 spiro atoms. The maximum atomic E-state index is 13.4. The van der Waals surface area contributed by atoms with Crippen LogP contribution < -0.4 is 9.62 Å². The van der Waals surface area contributed by atoms with E-state index in [1.807, 2.05) is 55.8 Å². The van der Waals surface area contributed by atoms with Gasteiger partial charge in [-0.25, -0.2) is 8.42 Å². The Morgan fingerprint density at radius 2 is 1.91 bits per heavy atom. The van der Waals surface area contributed by atoms with Gasteiger partial charge in [0, 0.05) is 30.4 Å². The Morgan fingerprint density at radius 1 is 1.12 bits per heavy atom. The second-order valence-electron chi connectivity index (χ2n) is 8.27. The van der Waals surface area contributed by atoms with Crippen molar-refractivity contribution >= 4 is 21.6 Å². The summed E-state index contributed by atoms with van der Waals surface area (Å²) in [6, 6.07) is 15.6. The molecular formula is C24H28N4O3S. The number of nitrogens with zero attached hydrogens (tertiary/aromatic N) is 3. The Kier molecular flexibility index (Phi) is 6.06. The molecule has 0 saturated carbocycles. The van der Waals surface area contributed by atoms with E-state index in [0.717, 1.165) is 23.4 Å². The Hall–Kier alpha value is -3.13. The summed E-state index contributed by atoms with van der Waals surface area (Å²) in [6.45, 7) is 7.04. The maximum absolute atomic E-state index is 13.4. The van der Waals surface area contributed by atoms with Gasteiger partial charge in [-0.2, -0.15) is 5.10 Å². The summed E-state index contributed by atoms with van der Waals surface area (Å²) in [5, 5.41) is 7.30. The number of nitrogens with one attached hydrogen (secondary N) is 1. The minimum atomic E-state index is -3.78. The number of anilines is 1. The molecular weight excluding hydrogens is 424 g/mol. The largest absolute Gasteiger partial charge is 0.352 e. The lowest BCUT2D eigenvalue weighted by Gasteiger charge is -2.24. The lowest BCUT2D eigenvalue weighted by atomic mass is 10.1. The molecule has 0 radical (unpaired) electrons. The van der Waals surface area contributed by atoms with Crippen molar-refractivity contribution in [2.24, 2.45) is 0 Å². The summed E-state index contributed by atoms with van der Waals surface area (Å²) in [6.07, 6.45) is 1.40. The van der Waals surface area contributed by atoms with Gasteiger partial charge >= 0.3 is 0 Å². The number of hydrogen-bond acceptors (Lipinski definition) is 4. The fraction of sp³-hybridized carbons (Fsp3) is 0.333. The summed E-state index contributed by atoms with van der Waals surface area (Å²) < 4.78 is 30.2. The number of carbonyl (C=O) groups excluding carboxylic acids is 1. The third-order valence-corrected chi connectivity index (χ3v) is 7.66. The lowest BCUT2D eigenvalue weighted by molar-refractivity contribution is 0.0952. The van der Waals surface area contributed by atoms with Crippen LogP contribution in [0.3, 0.4) is 0 Å². The zero-order chi connectivity index (χ0) is 22.9. The quantitative estimate of drug-likeness (QED) is 0.557. The molecule has 4 rings (SSSR count). The van der Waals surface area contributed by atoms with E-state index in [4.69, 9.17) is 0 Å². The van der Waals surface area contributed by atoms with Gasteiger partial charge in [-0.15, -0.1) is 0 Å². The summed E-state index contributed by atoms with van der Waals surface area (Å²) in [5.74, 6) is -0.287. The van der Waals surface area contributed by atoms with Gasteiger partial charge in [-0.1, -0.05) is 24.3 Å². The molecule has 8 heteroatoms. The van der Waals surface area contributed by atoms with Crippen LogP contribution in [0.4, 0.5) is 5.69 Å². The first kappa shape index (κ1) is 22.1. The number of para-hydroxylation sites is 1. The topological polar surface area (TPSA) is 84.3 Å². The Morgan fingerprint density at radius 3 is 2.66 bits per heavy atom. The van der Waals surface area contributed by atoms with Crippen molar-refractivity contribution in [1.29, 1.82) is 0 Å². The zero-order valence-electron chi connectivity index (χ0n) is 18.6. The average Bonchev–Trinajstić information content (AvgIpc) is 3.28. The standard InChI is InChI=1S/C24H28N4O3S/c1-17-14-18(2)27(26-17)13-7-12-25-24(29)21-9-6-10-22(16-21)32(30,31)28-19(3)15-20-8-4-5-11-23(20)28/h4-6,8-11,14,16,19H,7,12-13,15H2,1-3H3,(H,25,29)/t19-/m1/s1. The predicted molar refractivity (Wildman–Crippen MR) is 124 cm³/mol. The van der Waals surface area contributed by atoms with E-state index < -0.39 is 10.0 Å². The van der Waals surface area contributed by atoms with Crippen molar-refractivity contribution < 1.29 is 13.2 Å². The van der Waals surface area contributed by atoms with Crippen LogP contribution in [-0.4, -0.2) is 36.7 Å². The van der Waals surface area contributed by atoms with E-state index in [2.05, 4.69) is 10.4 Å². The molecule has 2 heterocycles. The van der Waals surface area contributed by atoms with Crippen molar-refractivity contribution in [2.45, 2.75) is 51.1 Å². The SMILES string of the molecule is Cc1cc(C)n(CCCNC(=O)c2cccc(S(=O)(=O)N3c4ccccc4C[C@H]3C)c2)n1. The molecule has 7 nitrogen and oxygen atoms in total. The molecule has 2 aromatic carbocycles. The molecule has 1 aliphatic rings. The highest BCUT2D eigenvalue weighted by Crippen LogP contribution is 2.36. The van der Waals surface area contributed by atoms with Gasteiger partial charge in [-0.3, -0.25) is 13.8 Å². The molecule has 1 atom stereocenters. The van der Waals surface area contributed by atoms with Crippen LogP contribution in [0.1, 0.15) is 40.7 Å². The number of benzene rings is 2. The van der Waals surface area contributed by atoms with Gasteiger partial charge in [0.2, 0.25) is 0 Å². The molecule has 1 aliphatic heterocycles. The molecule has 0 bridgehead atoms. The molecule has 1 amide bonds. The van der Waals surface area contributed by atoms with Crippen molar-refractivity contribution in [2.75, 3.05) is 10.8 Å². The Bertz CT molecular complexity index is 1250. The van der Waals surface area contributed by atoms with Gasteiger partial charge < -0.3 is 5.32 Å². The first-order valence-electron chi connectivity index (χ1n) is 10.8. The van der Waals surface area contributed by atoms with Gasteiger partial charge in [0.05, 0.1) is 16.3 Å². The first-order valence-corrected chi connectivity index (χ1v) is 12.2. The fourth-order valence-electron chi connectivity index (χ4n) is 4.25. The van der Waals surface area contributed by atoms with Crippen molar-refractivity contribution in [3.63, 3.8) is 0 Å². The third-order valence-electron chi connectivity index (χ3n) is 5.73. The Balaban J connectivity index is 1.45. The number of aryl methyl sites for hydroxylation is 3. The van der Waals surface area contributed by atoms with E-state index in [9.17, 15) is 13.2 Å². The normalized spacial score (nSPS) is 15.6. The average molecular weight is 453 g/mol. The van der Waals surface area contributed by atoms with E-state index in [1.165, 1.54) is 10.4 Å². The third kappa shape index (κ3) is 4.27. The molecule has 0 saturated heterocycles. The van der Waals surface area contributed by atoms with Crippen LogP contribution in [0, 0.1) is 13.8 Å². The van der Waals surface area contributed by atoms with Crippen molar-refractivity contribution in [1.82, 2.24) is 15.1 Å². The van der Waals surface area contributed by atoms with Gasteiger partial charge in [0.15, 0.2) is 0 Å². The number of hydrogen-bond donors (Lipinski definition) is 1. The maximum Gasteiger partial charge on any atom is 0.264 e. The smallest absolute Gasteiger partial charge is 0.264 e. The second kappa shape index (κ2) is 8.78. The summed E-state index contributed by atoms with van der Waals surface area (Å²) >= 11 is 0. The number of aromatic nitrogens is 2. The van der Waals surface area contributed by atoms with Crippen LogP contribution in [0.5, 0.6) is 0 Å². The molecule has 1 aromatic heterocycles. The molecule has 0 aliphatic carbocycles. The molecule has 3 aromatic rings. The molecule has 0 fully saturated rings. The van der Waals surface area contributed by atoms with E-state index in [1.54, 1.807) is 18.2 Å². The summed E-state index contributed by atoms with van der Waals surface area (Å²) in [4.78, 5) is 12.8. The molecule has 1 N–H and O–H groups in total. The lowest BCUT2D eigenvalue weighted by Crippen LogP contribution is -2.36. The molecule has 32 heavy (non-hydrogen) atoms. The van der Waals surface area contributed by atoms with Crippen LogP contribution in [0.2, 0.25) is 0 Å². The minimum Gasteiger partial charge on any atom is -0.352 e. The van der Waals surface area contributed by atoms with Gasteiger partial charge in [-0.05, 0) is 69.5 Å². The van der Waals surface area contributed by atoms with Crippen molar-refractivity contribution in [3.05, 3.63) is 77.1 Å². The number of fused-ring (bicyclic) bond motifs is 1. The summed E-state index contributed by atoms with van der Waals surface area (Å²) in [5.41, 5.74) is 4.11.